The fourth-order valence-corrected chi connectivity index (χ4v) is 3.38. The summed E-state index contributed by atoms with van der Waals surface area (Å²) in [6.45, 7) is -0.0873. The molecule has 1 heterocycles. The van der Waals surface area contributed by atoms with E-state index in [4.69, 9.17) is 0 Å². The molecule has 2 aromatic carbocycles. The van der Waals surface area contributed by atoms with E-state index in [2.05, 4.69) is 10.3 Å². The summed E-state index contributed by atoms with van der Waals surface area (Å²) in [5, 5.41) is 3.10. The molecule has 3 aromatic rings. The number of carbonyl (C=O) groups excluding carboxylic acids is 2. The van der Waals surface area contributed by atoms with Crippen molar-refractivity contribution in [2.24, 2.45) is 0 Å². The molecule has 0 aliphatic heterocycles. The number of hydrogen-bond acceptors (Lipinski definition) is 4. The summed E-state index contributed by atoms with van der Waals surface area (Å²) in [6.07, 6.45) is 2.03. The number of aromatic nitrogens is 1. The summed E-state index contributed by atoms with van der Waals surface area (Å²) in [7, 11) is 1.57. The summed E-state index contributed by atoms with van der Waals surface area (Å²) < 4.78 is 13.7. The fourth-order valence-electron chi connectivity index (χ4n) is 2.52. The average Bonchev–Trinajstić information content (AvgIpc) is 3.10. The van der Waals surface area contributed by atoms with E-state index in [-0.39, 0.29) is 24.2 Å². The minimum absolute atomic E-state index is 0.0873. The maximum atomic E-state index is 13.7. The first kappa shape index (κ1) is 18.7. The van der Waals surface area contributed by atoms with E-state index in [0.717, 1.165) is 4.88 Å². The van der Waals surface area contributed by atoms with Crippen molar-refractivity contribution in [2.75, 3.05) is 18.9 Å². The molecule has 138 valence electrons. The minimum atomic E-state index is -0.339. The second kappa shape index (κ2) is 8.55. The fraction of sp³-hybridized carbons (Fsp3) is 0.150. The summed E-state index contributed by atoms with van der Waals surface area (Å²) in [5.41, 5.74) is 1.10. The Hall–Kier alpha value is -3.06. The molecule has 5 nitrogen and oxygen atoms in total. The molecule has 1 aromatic heterocycles. The summed E-state index contributed by atoms with van der Waals surface area (Å²) in [4.78, 5) is 30.8. The Balaban J connectivity index is 1.56. The number of amides is 2. The molecule has 0 fully saturated rings. The molecular weight excluding hydrogens is 365 g/mol. The summed E-state index contributed by atoms with van der Waals surface area (Å²) in [6, 6.07) is 15.3. The number of thiazole rings is 1. The molecule has 0 radical (unpaired) electrons. The van der Waals surface area contributed by atoms with Crippen LogP contribution in [-0.4, -0.2) is 35.3 Å². The maximum absolute atomic E-state index is 13.7. The van der Waals surface area contributed by atoms with Crippen molar-refractivity contribution in [1.29, 1.82) is 0 Å². The zero-order chi connectivity index (χ0) is 19.2. The first-order chi connectivity index (χ1) is 13.0. The third-order valence-corrected chi connectivity index (χ3v) is 4.78. The van der Waals surface area contributed by atoms with Gasteiger partial charge in [0, 0.05) is 30.1 Å². The molecule has 2 amide bonds. The summed E-state index contributed by atoms with van der Waals surface area (Å²) >= 11 is 1.28. The van der Waals surface area contributed by atoms with Crippen LogP contribution in [0.2, 0.25) is 0 Å². The topological polar surface area (TPSA) is 62.3 Å². The molecule has 27 heavy (non-hydrogen) atoms. The number of anilines is 1. The minimum Gasteiger partial charge on any atom is -0.332 e. The van der Waals surface area contributed by atoms with Gasteiger partial charge in [0.05, 0.1) is 6.54 Å². The van der Waals surface area contributed by atoms with Crippen molar-refractivity contribution in [3.8, 4) is 0 Å². The Kier molecular flexibility index (Phi) is 5.93. The number of benzene rings is 2. The normalized spacial score (nSPS) is 10.4. The van der Waals surface area contributed by atoms with Gasteiger partial charge < -0.3 is 10.2 Å². The Bertz CT molecular complexity index is 943. The van der Waals surface area contributed by atoms with Crippen LogP contribution in [0.25, 0.3) is 0 Å². The number of hydrogen-bond donors (Lipinski definition) is 1. The first-order valence-electron chi connectivity index (χ1n) is 8.31. The van der Waals surface area contributed by atoms with Crippen molar-refractivity contribution in [1.82, 2.24) is 9.88 Å². The molecule has 1 N–H and O–H groups in total. The van der Waals surface area contributed by atoms with Crippen molar-refractivity contribution < 1.29 is 14.0 Å². The molecule has 0 saturated carbocycles. The van der Waals surface area contributed by atoms with Crippen molar-refractivity contribution in [3.63, 3.8) is 0 Å². The van der Waals surface area contributed by atoms with Gasteiger partial charge >= 0.3 is 0 Å². The lowest BCUT2D eigenvalue weighted by atomic mass is 10.1. The maximum Gasteiger partial charge on any atom is 0.254 e. The zero-order valence-corrected chi connectivity index (χ0v) is 15.5. The van der Waals surface area contributed by atoms with Crippen molar-refractivity contribution in [2.45, 2.75) is 6.42 Å². The summed E-state index contributed by atoms with van der Waals surface area (Å²) in [5.74, 6) is -0.837. The Morgan fingerprint density at radius 1 is 1.11 bits per heavy atom. The molecule has 0 bridgehead atoms. The van der Waals surface area contributed by atoms with E-state index in [1.807, 2.05) is 6.07 Å². The van der Waals surface area contributed by atoms with E-state index >= 15 is 0 Å². The quantitative estimate of drug-likeness (QED) is 0.708. The van der Waals surface area contributed by atoms with Crippen LogP contribution >= 0.6 is 11.3 Å². The lowest BCUT2D eigenvalue weighted by Gasteiger charge is -2.16. The van der Waals surface area contributed by atoms with Gasteiger partial charge in [-0.05, 0) is 23.8 Å². The van der Waals surface area contributed by atoms with E-state index in [0.29, 0.717) is 22.7 Å². The second-order valence-electron chi connectivity index (χ2n) is 5.98. The predicted molar refractivity (Wildman–Crippen MR) is 103 cm³/mol. The van der Waals surface area contributed by atoms with Crippen LogP contribution in [0.1, 0.15) is 20.8 Å². The van der Waals surface area contributed by atoms with Crippen LogP contribution in [0.4, 0.5) is 9.52 Å². The van der Waals surface area contributed by atoms with E-state index in [9.17, 15) is 14.0 Å². The van der Waals surface area contributed by atoms with Gasteiger partial charge in [0.25, 0.3) is 5.91 Å². The molecule has 3 rings (SSSR count). The standard InChI is InChI=1S/C20H18FN3O2S/c1-24(19(26)14-7-3-2-4-8-14)13-18(25)23-20-22-12-16(27-20)11-15-9-5-6-10-17(15)21/h2-10,12H,11,13H2,1H3,(H,22,23,25). The van der Waals surface area contributed by atoms with Gasteiger partial charge in [0.1, 0.15) is 5.82 Å². The van der Waals surface area contributed by atoms with Crippen molar-refractivity contribution >= 4 is 28.3 Å². The number of halogens is 1. The third-order valence-electron chi connectivity index (χ3n) is 3.87. The predicted octanol–water partition coefficient (Wildman–Crippen LogP) is 3.58. The largest absolute Gasteiger partial charge is 0.332 e. The molecular formula is C20H18FN3O2S. The number of rotatable bonds is 6. The van der Waals surface area contributed by atoms with Crippen molar-refractivity contribution in [3.05, 3.63) is 82.6 Å². The molecule has 0 aliphatic carbocycles. The molecule has 0 aliphatic rings. The lowest BCUT2D eigenvalue weighted by molar-refractivity contribution is -0.116. The lowest BCUT2D eigenvalue weighted by Crippen LogP contribution is -2.34. The first-order valence-corrected chi connectivity index (χ1v) is 9.13. The average molecular weight is 383 g/mol. The van der Waals surface area contributed by atoms with Crippen LogP contribution in [0, 0.1) is 5.82 Å². The number of nitrogens with one attached hydrogen (secondary N) is 1. The van der Waals surface area contributed by atoms with Gasteiger partial charge in [-0.2, -0.15) is 0 Å². The van der Waals surface area contributed by atoms with Gasteiger partial charge in [0.2, 0.25) is 5.91 Å². The van der Waals surface area contributed by atoms with Crippen LogP contribution < -0.4 is 5.32 Å². The SMILES string of the molecule is CN(CC(=O)Nc1ncc(Cc2ccccc2F)s1)C(=O)c1ccccc1. The Labute approximate surface area is 160 Å². The molecule has 0 spiro atoms. The molecule has 0 unspecified atom stereocenters. The Morgan fingerprint density at radius 2 is 1.81 bits per heavy atom. The molecule has 0 saturated heterocycles. The second-order valence-corrected chi connectivity index (χ2v) is 7.09. The van der Waals surface area contributed by atoms with Gasteiger partial charge in [-0.25, -0.2) is 9.37 Å². The number of nitrogens with zero attached hydrogens (tertiary/aromatic N) is 2. The van der Waals surface area contributed by atoms with Gasteiger partial charge in [-0.3, -0.25) is 9.59 Å². The number of carbonyl (C=O) groups is 2. The van der Waals surface area contributed by atoms with E-state index in [1.165, 1.54) is 22.3 Å². The number of likely N-dealkylation sites (N-methyl/N-ethyl adjacent to an activating group) is 1. The van der Waals surface area contributed by atoms with Gasteiger partial charge in [-0.15, -0.1) is 11.3 Å². The zero-order valence-electron chi connectivity index (χ0n) is 14.7. The van der Waals surface area contributed by atoms with Crippen LogP contribution in [0.5, 0.6) is 0 Å². The highest BCUT2D eigenvalue weighted by Gasteiger charge is 2.16. The van der Waals surface area contributed by atoms with E-state index < -0.39 is 0 Å². The van der Waals surface area contributed by atoms with E-state index in [1.54, 1.807) is 55.7 Å². The monoisotopic (exact) mass is 383 g/mol. The third kappa shape index (κ3) is 4.98. The van der Waals surface area contributed by atoms with Crippen LogP contribution in [-0.2, 0) is 11.2 Å². The highest BCUT2D eigenvalue weighted by molar-refractivity contribution is 7.15. The molecule has 0 atom stereocenters. The Morgan fingerprint density at radius 3 is 2.56 bits per heavy atom. The smallest absolute Gasteiger partial charge is 0.254 e. The highest BCUT2D eigenvalue weighted by Crippen LogP contribution is 2.22. The molecule has 7 heteroatoms. The van der Waals surface area contributed by atoms with Crippen LogP contribution in [0.15, 0.2) is 60.8 Å². The highest BCUT2D eigenvalue weighted by atomic mass is 32.1. The van der Waals surface area contributed by atoms with Gasteiger partial charge in [-0.1, -0.05) is 36.4 Å². The van der Waals surface area contributed by atoms with Gasteiger partial charge in [0.15, 0.2) is 5.13 Å². The van der Waals surface area contributed by atoms with Crippen LogP contribution in [0.3, 0.4) is 0 Å².